The number of benzene rings is 3. The van der Waals surface area contributed by atoms with Gasteiger partial charge in [-0.2, -0.15) is 17.6 Å². The highest BCUT2D eigenvalue weighted by Crippen LogP contribution is 2.60. The zero-order valence-electron chi connectivity index (χ0n) is 18.6. The van der Waals surface area contributed by atoms with Gasteiger partial charge in [-0.1, -0.05) is 78.9 Å². The predicted octanol–water partition coefficient (Wildman–Crippen LogP) is 5.34. The van der Waals surface area contributed by atoms with Gasteiger partial charge in [-0.3, -0.25) is 14.0 Å². The topological polar surface area (TPSA) is 118 Å². The summed E-state index contributed by atoms with van der Waals surface area (Å²) < 4.78 is 78.0. The smallest absolute Gasteiger partial charge is 0.320 e. The average Bonchev–Trinajstić information content (AvgIpc) is 2.79. The Morgan fingerprint density at radius 1 is 0.556 bits per heavy atom. The van der Waals surface area contributed by atoms with E-state index in [1.807, 2.05) is 35.2 Å². The van der Waals surface area contributed by atoms with Crippen molar-refractivity contribution in [2.45, 2.75) is 31.0 Å². The Kier molecular flexibility index (Phi) is 8.27. The third-order valence-corrected chi connectivity index (χ3v) is 7.38. The molecule has 0 bridgehead atoms. The highest BCUT2D eigenvalue weighted by Gasteiger charge is 2.51. The fourth-order valence-electron chi connectivity index (χ4n) is 3.48. The van der Waals surface area contributed by atoms with Gasteiger partial charge in [0.1, 0.15) is 0 Å². The van der Waals surface area contributed by atoms with Crippen LogP contribution in [0, 0.1) is 0 Å². The molecule has 0 aromatic heterocycles. The van der Waals surface area contributed by atoms with Gasteiger partial charge in [-0.15, -0.1) is 0 Å². The standard InChI is InChI=1S/C23H23F4NO6P2/c24-22(25,35(29,30)31)20-10-6-18(7-11-20)15-28(14-17-4-2-1-3-5-17)16-19-8-12-21(13-9-19)23(26,27)36(32,33)34/h1-13H,14-16H2,(H2,29,30,31)(H2,32,33,34). The first kappa shape index (κ1) is 28.2. The molecule has 3 aromatic rings. The monoisotopic (exact) mass is 547 g/mol. The maximum Gasteiger partial charge on any atom is 0.399 e. The van der Waals surface area contributed by atoms with Crippen LogP contribution in [0.5, 0.6) is 0 Å². The summed E-state index contributed by atoms with van der Waals surface area (Å²) in [6.07, 6.45) is 0. The summed E-state index contributed by atoms with van der Waals surface area (Å²) in [7, 11) is -11.4. The predicted molar refractivity (Wildman–Crippen MR) is 124 cm³/mol. The van der Waals surface area contributed by atoms with Crippen LogP contribution < -0.4 is 0 Å². The molecule has 0 heterocycles. The van der Waals surface area contributed by atoms with E-state index in [-0.39, 0.29) is 13.1 Å². The van der Waals surface area contributed by atoms with Crippen LogP contribution in [0.4, 0.5) is 17.6 Å². The van der Waals surface area contributed by atoms with E-state index in [4.69, 9.17) is 19.6 Å². The summed E-state index contributed by atoms with van der Waals surface area (Å²) >= 11 is 0. The minimum atomic E-state index is -5.70. The molecular weight excluding hydrogens is 524 g/mol. The molecule has 0 amide bonds. The fourth-order valence-corrected chi connectivity index (χ4v) is 4.45. The fraction of sp³-hybridized carbons (Fsp3) is 0.217. The number of hydrogen-bond acceptors (Lipinski definition) is 3. The lowest BCUT2D eigenvalue weighted by Gasteiger charge is -2.24. The Morgan fingerprint density at radius 3 is 1.17 bits per heavy atom. The average molecular weight is 547 g/mol. The summed E-state index contributed by atoms with van der Waals surface area (Å²) in [5.74, 6) is 0. The normalized spacial score (nSPS) is 13.2. The van der Waals surface area contributed by atoms with Crippen molar-refractivity contribution >= 4 is 15.2 Å². The van der Waals surface area contributed by atoms with E-state index in [0.29, 0.717) is 17.7 Å². The van der Waals surface area contributed by atoms with Crippen molar-refractivity contribution in [1.29, 1.82) is 0 Å². The zero-order valence-corrected chi connectivity index (χ0v) is 20.4. The second kappa shape index (κ2) is 10.6. The molecule has 13 heteroatoms. The number of alkyl halides is 4. The van der Waals surface area contributed by atoms with Crippen LogP contribution >= 0.6 is 15.2 Å². The highest BCUT2D eigenvalue weighted by molar-refractivity contribution is 7.52. The van der Waals surface area contributed by atoms with E-state index in [1.165, 1.54) is 24.3 Å². The highest BCUT2D eigenvalue weighted by atomic mass is 31.2. The molecule has 0 spiro atoms. The molecule has 0 aliphatic carbocycles. The second-order valence-corrected chi connectivity index (χ2v) is 11.5. The summed E-state index contributed by atoms with van der Waals surface area (Å²) in [4.78, 5) is 37.6. The molecule has 36 heavy (non-hydrogen) atoms. The first-order valence-corrected chi connectivity index (χ1v) is 13.7. The first-order chi connectivity index (χ1) is 16.6. The van der Waals surface area contributed by atoms with Crippen molar-refractivity contribution in [2.24, 2.45) is 0 Å². The van der Waals surface area contributed by atoms with E-state index in [9.17, 15) is 26.7 Å². The third kappa shape index (κ3) is 6.49. The van der Waals surface area contributed by atoms with Crippen LogP contribution in [-0.4, -0.2) is 24.5 Å². The zero-order chi connectivity index (χ0) is 26.8. The minimum absolute atomic E-state index is 0.219. The van der Waals surface area contributed by atoms with Crippen LogP contribution in [-0.2, 0) is 40.1 Å². The number of nitrogens with zero attached hydrogens (tertiary/aromatic N) is 1. The van der Waals surface area contributed by atoms with Gasteiger partial charge >= 0.3 is 26.5 Å². The van der Waals surface area contributed by atoms with Gasteiger partial charge in [0.05, 0.1) is 0 Å². The quantitative estimate of drug-likeness (QED) is 0.200. The molecule has 4 N–H and O–H groups in total. The van der Waals surface area contributed by atoms with Crippen LogP contribution in [0.1, 0.15) is 27.8 Å². The Morgan fingerprint density at radius 2 is 0.861 bits per heavy atom. The number of hydrogen-bond donors (Lipinski definition) is 4. The van der Waals surface area contributed by atoms with Crippen molar-refractivity contribution in [3.05, 3.63) is 107 Å². The maximum atomic E-state index is 13.9. The van der Waals surface area contributed by atoms with Crippen LogP contribution in [0.3, 0.4) is 0 Å². The molecule has 3 aromatic carbocycles. The molecule has 0 saturated carbocycles. The van der Waals surface area contributed by atoms with Crippen molar-refractivity contribution in [2.75, 3.05) is 0 Å². The Labute approximate surface area is 204 Å². The molecule has 0 unspecified atom stereocenters. The Bertz CT molecular complexity index is 1180. The molecular formula is C23H23F4NO6P2. The summed E-state index contributed by atoms with van der Waals surface area (Å²) in [5.41, 5.74) is -8.28. The first-order valence-electron chi connectivity index (χ1n) is 10.4. The van der Waals surface area contributed by atoms with Gasteiger partial charge in [0.25, 0.3) is 0 Å². The van der Waals surface area contributed by atoms with E-state index >= 15 is 0 Å². The SMILES string of the molecule is O=P(O)(O)C(F)(F)c1ccc(CN(Cc2ccccc2)Cc2ccc(C(F)(F)P(=O)(O)O)cc2)cc1. The lowest BCUT2D eigenvalue weighted by molar-refractivity contribution is 0.0564. The second-order valence-electron chi connectivity index (χ2n) is 8.20. The van der Waals surface area contributed by atoms with Crippen molar-refractivity contribution in [3.8, 4) is 0 Å². The van der Waals surface area contributed by atoms with E-state index in [0.717, 1.165) is 29.8 Å². The molecule has 0 aliphatic heterocycles. The van der Waals surface area contributed by atoms with Gasteiger partial charge in [0.2, 0.25) is 0 Å². The molecule has 7 nitrogen and oxygen atoms in total. The van der Waals surface area contributed by atoms with Gasteiger partial charge in [0, 0.05) is 30.8 Å². The molecule has 0 aliphatic rings. The summed E-state index contributed by atoms with van der Waals surface area (Å²) in [6, 6.07) is 18.2. The maximum absolute atomic E-state index is 13.9. The summed E-state index contributed by atoms with van der Waals surface area (Å²) in [5, 5.41) is 0. The van der Waals surface area contributed by atoms with Gasteiger partial charge < -0.3 is 19.6 Å². The van der Waals surface area contributed by atoms with Crippen molar-refractivity contribution in [3.63, 3.8) is 0 Å². The molecule has 0 atom stereocenters. The van der Waals surface area contributed by atoms with Crippen LogP contribution in [0.15, 0.2) is 78.9 Å². The van der Waals surface area contributed by atoms with E-state index in [2.05, 4.69) is 0 Å². The molecule has 194 valence electrons. The van der Waals surface area contributed by atoms with Gasteiger partial charge in [-0.05, 0) is 16.7 Å². The Hall–Kier alpha value is -2.36. The van der Waals surface area contributed by atoms with Crippen LogP contribution in [0.25, 0.3) is 0 Å². The minimum Gasteiger partial charge on any atom is -0.320 e. The Balaban J connectivity index is 1.83. The largest absolute Gasteiger partial charge is 0.399 e. The number of halogens is 4. The lowest BCUT2D eigenvalue weighted by atomic mass is 10.1. The lowest BCUT2D eigenvalue weighted by Crippen LogP contribution is -2.23. The van der Waals surface area contributed by atoms with Crippen molar-refractivity contribution in [1.82, 2.24) is 4.90 Å². The third-order valence-electron chi connectivity index (χ3n) is 5.40. The van der Waals surface area contributed by atoms with E-state index in [1.54, 1.807) is 0 Å². The number of rotatable bonds is 10. The van der Waals surface area contributed by atoms with Crippen LogP contribution in [0.2, 0.25) is 0 Å². The van der Waals surface area contributed by atoms with Gasteiger partial charge in [-0.25, -0.2) is 0 Å². The summed E-state index contributed by atoms with van der Waals surface area (Å²) in [6.45, 7) is 0.829. The molecule has 0 fully saturated rings. The van der Waals surface area contributed by atoms with Gasteiger partial charge in [0.15, 0.2) is 0 Å². The molecule has 0 saturated heterocycles. The molecule has 0 radical (unpaired) electrons. The van der Waals surface area contributed by atoms with E-state index < -0.39 is 37.6 Å². The van der Waals surface area contributed by atoms with Crippen molar-refractivity contribution < 1.29 is 46.3 Å². The molecule has 3 rings (SSSR count).